The highest BCUT2D eigenvalue weighted by atomic mass is 35.5. The minimum absolute atomic E-state index is 0. The van der Waals surface area contributed by atoms with E-state index in [4.69, 9.17) is 16.8 Å². The van der Waals surface area contributed by atoms with Crippen LogP contribution in [0.5, 0.6) is 0 Å². The number of halogens is 4. The first-order chi connectivity index (χ1) is 12.6. The van der Waals surface area contributed by atoms with Gasteiger partial charge in [0, 0.05) is 31.4 Å². The van der Waals surface area contributed by atoms with Gasteiger partial charge in [0.15, 0.2) is 5.83 Å². The van der Waals surface area contributed by atoms with Gasteiger partial charge in [-0.15, -0.1) is 24.8 Å². The summed E-state index contributed by atoms with van der Waals surface area (Å²) in [7, 11) is 0. The molecule has 158 valence electrons. The van der Waals surface area contributed by atoms with Crippen LogP contribution in [-0.4, -0.2) is 46.2 Å². The quantitative estimate of drug-likeness (QED) is 0.352. The number of hydroxylamine groups is 1. The minimum atomic E-state index is -1.21. The molecule has 2 fully saturated rings. The predicted molar refractivity (Wildman–Crippen MR) is 113 cm³/mol. The van der Waals surface area contributed by atoms with E-state index in [9.17, 15) is 9.18 Å². The molecule has 0 bridgehead atoms. The Labute approximate surface area is 181 Å². The van der Waals surface area contributed by atoms with Crippen LogP contribution < -0.4 is 10.8 Å². The summed E-state index contributed by atoms with van der Waals surface area (Å²) >= 11 is 6.25. The summed E-state index contributed by atoms with van der Waals surface area (Å²) in [6, 6.07) is 2.53. The van der Waals surface area contributed by atoms with Crippen LogP contribution >= 0.6 is 36.4 Å². The van der Waals surface area contributed by atoms with Crippen LogP contribution in [0.3, 0.4) is 0 Å². The number of likely N-dealkylation sites (tertiary alicyclic amines) is 1. The lowest BCUT2D eigenvalue weighted by atomic mass is 9.94. The number of pyridine rings is 1. The van der Waals surface area contributed by atoms with Gasteiger partial charge in [0.1, 0.15) is 5.82 Å². The zero-order chi connectivity index (χ0) is 18.5. The van der Waals surface area contributed by atoms with Crippen molar-refractivity contribution >= 4 is 54.2 Å². The van der Waals surface area contributed by atoms with Crippen molar-refractivity contribution < 1.29 is 14.4 Å². The normalized spacial score (nSPS) is 20.8. The Balaban J connectivity index is 0.00000196. The monoisotopic (exact) mass is 454 g/mol. The van der Waals surface area contributed by atoms with Crippen LogP contribution in [0.2, 0.25) is 5.02 Å². The molecule has 3 rings (SSSR count). The molecule has 0 aromatic carbocycles. The number of rotatable bonds is 5. The summed E-state index contributed by atoms with van der Waals surface area (Å²) in [6.45, 7) is 2.07. The standard InChI is InChI=1S/C18H24ClFN4O2.2ClH/c19-15-8-12(9-16(20)18(25)23-26)10-21-17(15)22-13-6-7-24(11-13)14-4-2-1-3-5-14;;/h8-10,13-14,26H,1-7,11H2,(H,21,22)(H,23,25);2*1H/b16-9-;;/t13-;;/m1../s1. The largest absolute Gasteiger partial charge is 0.365 e. The maximum absolute atomic E-state index is 13.5. The van der Waals surface area contributed by atoms with Crippen molar-refractivity contribution in [1.29, 1.82) is 0 Å². The number of nitrogens with zero attached hydrogens (tertiary/aromatic N) is 2. The Morgan fingerprint density at radius 3 is 2.64 bits per heavy atom. The third-order valence-electron chi connectivity index (χ3n) is 5.13. The zero-order valence-electron chi connectivity index (χ0n) is 15.4. The van der Waals surface area contributed by atoms with Gasteiger partial charge in [-0.3, -0.25) is 14.9 Å². The molecule has 2 heterocycles. The van der Waals surface area contributed by atoms with Gasteiger partial charge in [-0.05, 0) is 37.0 Å². The molecule has 2 aliphatic rings. The Bertz CT molecular complexity index is 687. The first-order valence-corrected chi connectivity index (χ1v) is 9.42. The fraction of sp³-hybridized carbons (Fsp3) is 0.556. The number of amides is 1. The predicted octanol–water partition coefficient (Wildman–Crippen LogP) is 4.21. The summed E-state index contributed by atoms with van der Waals surface area (Å²) in [5.74, 6) is -1.77. The van der Waals surface area contributed by atoms with Crippen molar-refractivity contribution in [3.63, 3.8) is 0 Å². The molecule has 28 heavy (non-hydrogen) atoms. The maximum atomic E-state index is 13.5. The van der Waals surface area contributed by atoms with Gasteiger partial charge in [0.05, 0.1) is 5.02 Å². The molecule has 1 aliphatic heterocycles. The van der Waals surface area contributed by atoms with Gasteiger partial charge < -0.3 is 5.32 Å². The molecule has 1 aromatic rings. The smallest absolute Gasteiger partial charge is 0.303 e. The Morgan fingerprint density at radius 1 is 1.29 bits per heavy atom. The third-order valence-corrected chi connectivity index (χ3v) is 5.41. The molecule has 0 spiro atoms. The maximum Gasteiger partial charge on any atom is 0.303 e. The lowest BCUT2D eigenvalue weighted by molar-refractivity contribution is -0.126. The summed E-state index contributed by atoms with van der Waals surface area (Å²) in [4.78, 5) is 17.8. The molecule has 1 aliphatic carbocycles. The lowest BCUT2D eigenvalue weighted by Crippen LogP contribution is -2.36. The summed E-state index contributed by atoms with van der Waals surface area (Å²) in [5, 5.41) is 12.2. The van der Waals surface area contributed by atoms with E-state index >= 15 is 0 Å². The second-order valence-electron chi connectivity index (χ2n) is 6.95. The highest BCUT2D eigenvalue weighted by Crippen LogP contribution is 2.28. The minimum Gasteiger partial charge on any atom is -0.365 e. The van der Waals surface area contributed by atoms with Gasteiger partial charge in [-0.2, -0.15) is 0 Å². The van der Waals surface area contributed by atoms with E-state index in [2.05, 4.69) is 15.2 Å². The fourth-order valence-corrected chi connectivity index (χ4v) is 4.01. The van der Waals surface area contributed by atoms with Crippen LogP contribution in [0.15, 0.2) is 18.1 Å². The zero-order valence-corrected chi connectivity index (χ0v) is 17.8. The van der Waals surface area contributed by atoms with E-state index in [1.54, 1.807) is 0 Å². The average molecular weight is 456 g/mol. The first kappa shape index (κ1) is 24.9. The SMILES string of the molecule is Cl.Cl.O=C(NO)/C(F)=C/c1cnc(N[C@@H]2CCN(C3CCCCC3)C2)c(Cl)c1. The Kier molecular flexibility index (Phi) is 10.5. The number of nitrogens with one attached hydrogen (secondary N) is 2. The average Bonchev–Trinajstić information content (AvgIpc) is 3.12. The van der Waals surface area contributed by atoms with E-state index in [1.165, 1.54) is 49.8 Å². The lowest BCUT2D eigenvalue weighted by Gasteiger charge is -2.31. The molecule has 0 unspecified atom stereocenters. The number of carbonyl (C=O) groups is 1. The third kappa shape index (κ3) is 6.46. The molecule has 3 N–H and O–H groups in total. The second-order valence-corrected chi connectivity index (χ2v) is 7.36. The van der Waals surface area contributed by atoms with E-state index in [1.807, 2.05) is 0 Å². The van der Waals surface area contributed by atoms with E-state index in [-0.39, 0.29) is 24.8 Å². The van der Waals surface area contributed by atoms with Crippen LogP contribution in [0, 0.1) is 0 Å². The van der Waals surface area contributed by atoms with Crippen molar-refractivity contribution in [2.75, 3.05) is 18.4 Å². The van der Waals surface area contributed by atoms with Crippen LogP contribution in [0.1, 0.15) is 44.1 Å². The van der Waals surface area contributed by atoms with Crippen molar-refractivity contribution in [2.24, 2.45) is 0 Å². The summed E-state index contributed by atoms with van der Waals surface area (Å²) < 4.78 is 13.5. The summed E-state index contributed by atoms with van der Waals surface area (Å²) in [5.41, 5.74) is 1.58. The van der Waals surface area contributed by atoms with Crippen molar-refractivity contribution in [3.05, 3.63) is 28.7 Å². The molecule has 1 amide bonds. The van der Waals surface area contributed by atoms with E-state index < -0.39 is 11.7 Å². The van der Waals surface area contributed by atoms with Crippen molar-refractivity contribution in [3.8, 4) is 0 Å². The molecular weight excluding hydrogens is 430 g/mol. The molecule has 1 aromatic heterocycles. The fourth-order valence-electron chi connectivity index (χ4n) is 3.78. The van der Waals surface area contributed by atoms with Gasteiger partial charge >= 0.3 is 5.91 Å². The number of aromatic nitrogens is 1. The van der Waals surface area contributed by atoms with Gasteiger partial charge in [0.2, 0.25) is 0 Å². The molecule has 10 heteroatoms. The summed E-state index contributed by atoms with van der Waals surface area (Å²) in [6.07, 6.45) is 10.0. The van der Waals surface area contributed by atoms with Gasteiger partial charge in [-0.25, -0.2) is 14.9 Å². The highest BCUT2D eigenvalue weighted by Gasteiger charge is 2.29. The molecule has 1 saturated heterocycles. The Morgan fingerprint density at radius 2 is 2.00 bits per heavy atom. The second kappa shape index (κ2) is 11.8. The van der Waals surface area contributed by atoms with Crippen LogP contribution in [0.25, 0.3) is 6.08 Å². The molecule has 6 nitrogen and oxygen atoms in total. The van der Waals surface area contributed by atoms with E-state index in [0.717, 1.165) is 25.6 Å². The van der Waals surface area contributed by atoms with Crippen LogP contribution in [0.4, 0.5) is 10.2 Å². The number of hydrogen-bond acceptors (Lipinski definition) is 5. The highest BCUT2D eigenvalue weighted by molar-refractivity contribution is 6.33. The van der Waals surface area contributed by atoms with Crippen molar-refractivity contribution in [1.82, 2.24) is 15.4 Å². The molecule has 1 saturated carbocycles. The first-order valence-electron chi connectivity index (χ1n) is 9.04. The molecule has 0 radical (unpaired) electrons. The molecular formula is C18H26Cl3FN4O2. The Hall–Kier alpha value is -1.12. The number of carbonyl (C=O) groups excluding carboxylic acids is 1. The number of anilines is 1. The van der Waals surface area contributed by atoms with Crippen LogP contribution in [-0.2, 0) is 4.79 Å². The van der Waals surface area contributed by atoms with Gasteiger partial charge in [-0.1, -0.05) is 30.9 Å². The molecule has 1 atom stereocenters. The topological polar surface area (TPSA) is 77.5 Å². The van der Waals surface area contributed by atoms with Gasteiger partial charge in [0.25, 0.3) is 0 Å². The van der Waals surface area contributed by atoms with Crippen molar-refractivity contribution in [2.45, 2.75) is 50.6 Å². The number of hydrogen-bond donors (Lipinski definition) is 3. The van der Waals surface area contributed by atoms with E-state index in [0.29, 0.717) is 28.5 Å².